The van der Waals surface area contributed by atoms with Gasteiger partial charge in [0.2, 0.25) is 0 Å². The number of pyridine rings is 1. The molecular weight excluding hydrogens is 457 g/mol. The molecule has 0 spiro atoms. The Bertz CT molecular complexity index is 1280. The van der Waals surface area contributed by atoms with Crippen LogP contribution in [0.2, 0.25) is 10.0 Å². The Morgan fingerprint density at radius 1 is 1.17 bits per heavy atom. The van der Waals surface area contributed by atoms with E-state index in [0.717, 1.165) is 54.5 Å². The van der Waals surface area contributed by atoms with Gasteiger partial charge in [-0.05, 0) is 44.5 Å². The number of halogens is 2. The molecule has 0 saturated heterocycles. The van der Waals surface area contributed by atoms with Gasteiger partial charge in [0.15, 0.2) is 0 Å². The van der Waals surface area contributed by atoms with Crippen LogP contribution in [-0.4, -0.2) is 20.6 Å². The molecular formula is C22H19Cl2N3OS2. The van der Waals surface area contributed by atoms with Gasteiger partial charge in [0, 0.05) is 33.2 Å². The molecule has 0 saturated carbocycles. The monoisotopic (exact) mass is 475 g/mol. The number of hydrogen-bond acceptors (Lipinski definition) is 6. The first kappa shape index (κ1) is 20.5. The summed E-state index contributed by atoms with van der Waals surface area (Å²) in [7, 11) is 0. The molecule has 0 radical (unpaired) electrons. The molecule has 0 bridgehead atoms. The first-order valence-electron chi connectivity index (χ1n) is 9.60. The third-order valence-corrected chi connectivity index (χ3v) is 8.12. The van der Waals surface area contributed by atoms with Gasteiger partial charge in [0.25, 0.3) is 0 Å². The van der Waals surface area contributed by atoms with Crippen LogP contribution in [0, 0.1) is 6.92 Å². The molecule has 0 fully saturated rings. The van der Waals surface area contributed by atoms with E-state index >= 15 is 0 Å². The van der Waals surface area contributed by atoms with Gasteiger partial charge < -0.3 is 4.74 Å². The molecule has 4 heterocycles. The number of nitrogens with zero attached hydrogens (tertiary/aromatic N) is 3. The summed E-state index contributed by atoms with van der Waals surface area (Å²) in [6.07, 6.45) is 0.809. The fraction of sp³-hybridized carbons (Fsp3) is 0.318. The summed E-state index contributed by atoms with van der Waals surface area (Å²) in [5, 5.41) is 3.35. The number of aromatic nitrogens is 3. The summed E-state index contributed by atoms with van der Waals surface area (Å²) in [6, 6.07) is 7.77. The number of aryl methyl sites for hydroxylation is 1. The number of fused-ring (bicyclic) bond motifs is 4. The van der Waals surface area contributed by atoms with E-state index in [1.807, 2.05) is 25.1 Å². The molecule has 30 heavy (non-hydrogen) atoms. The zero-order valence-corrected chi connectivity index (χ0v) is 19.9. The van der Waals surface area contributed by atoms with Crippen LogP contribution in [0.25, 0.3) is 20.4 Å². The first-order valence-corrected chi connectivity index (χ1v) is 12.2. The molecule has 3 aromatic heterocycles. The Balaban J connectivity index is 1.59. The van der Waals surface area contributed by atoms with Crippen LogP contribution in [-0.2, 0) is 23.5 Å². The zero-order chi connectivity index (χ0) is 21.0. The van der Waals surface area contributed by atoms with Crippen molar-refractivity contribution in [1.29, 1.82) is 0 Å². The molecule has 0 N–H and O–H groups in total. The molecule has 8 heteroatoms. The van der Waals surface area contributed by atoms with Crippen molar-refractivity contribution in [2.75, 3.05) is 0 Å². The normalized spacial score (nSPS) is 15.6. The standard InChI is InChI=1S/C22H19Cl2N3OS2/c1-11-25-18-13-7-12-9-28-22(2,3)8-17(12)27-20(13)30-19(18)21(26-11)29-10-14-15(23)5-4-6-16(14)24/h4-7H,8-10H2,1-3H3. The Labute approximate surface area is 193 Å². The predicted molar refractivity (Wildman–Crippen MR) is 126 cm³/mol. The van der Waals surface area contributed by atoms with Crippen LogP contribution in [0.5, 0.6) is 0 Å². The van der Waals surface area contributed by atoms with Crippen LogP contribution < -0.4 is 0 Å². The zero-order valence-electron chi connectivity index (χ0n) is 16.8. The average Bonchev–Trinajstić information content (AvgIpc) is 3.02. The Morgan fingerprint density at radius 2 is 1.93 bits per heavy atom. The lowest BCUT2D eigenvalue weighted by Gasteiger charge is -2.30. The molecule has 4 nitrogen and oxygen atoms in total. The maximum atomic E-state index is 6.36. The minimum atomic E-state index is -0.185. The summed E-state index contributed by atoms with van der Waals surface area (Å²) in [5.74, 6) is 1.38. The largest absolute Gasteiger partial charge is 0.370 e. The topological polar surface area (TPSA) is 47.9 Å². The van der Waals surface area contributed by atoms with Crippen molar-refractivity contribution in [3.8, 4) is 0 Å². The highest BCUT2D eigenvalue weighted by Crippen LogP contribution is 2.41. The summed E-state index contributed by atoms with van der Waals surface area (Å²) < 4.78 is 7.04. The number of benzene rings is 1. The molecule has 0 unspecified atom stereocenters. The van der Waals surface area contributed by atoms with Crippen molar-refractivity contribution >= 4 is 66.7 Å². The summed E-state index contributed by atoms with van der Waals surface area (Å²) in [4.78, 5) is 15.4. The number of rotatable bonds is 3. The van der Waals surface area contributed by atoms with Crippen molar-refractivity contribution in [3.63, 3.8) is 0 Å². The lowest BCUT2D eigenvalue weighted by atomic mass is 9.95. The second kappa shape index (κ2) is 7.61. The lowest BCUT2D eigenvalue weighted by Crippen LogP contribution is -2.32. The summed E-state index contributed by atoms with van der Waals surface area (Å²) in [6.45, 7) is 6.72. The van der Waals surface area contributed by atoms with Gasteiger partial charge in [-0.25, -0.2) is 15.0 Å². The second-order valence-corrected chi connectivity index (χ2v) is 10.8. The molecule has 5 rings (SSSR count). The van der Waals surface area contributed by atoms with Gasteiger partial charge in [0.1, 0.15) is 15.7 Å². The van der Waals surface area contributed by atoms with E-state index < -0.39 is 0 Å². The highest BCUT2D eigenvalue weighted by atomic mass is 35.5. The second-order valence-electron chi connectivity index (χ2n) is 8.02. The van der Waals surface area contributed by atoms with Crippen molar-refractivity contribution in [1.82, 2.24) is 15.0 Å². The molecule has 1 aliphatic rings. The number of thiophene rings is 1. The van der Waals surface area contributed by atoms with Crippen LogP contribution >= 0.6 is 46.3 Å². The van der Waals surface area contributed by atoms with Crippen molar-refractivity contribution in [3.05, 3.63) is 57.0 Å². The molecule has 1 aromatic carbocycles. The smallest absolute Gasteiger partial charge is 0.127 e. The van der Waals surface area contributed by atoms with Crippen molar-refractivity contribution in [2.24, 2.45) is 0 Å². The van der Waals surface area contributed by atoms with Crippen molar-refractivity contribution in [2.45, 2.75) is 50.2 Å². The van der Waals surface area contributed by atoms with E-state index in [9.17, 15) is 0 Å². The van der Waals surface area contributed by atoms with E-state index in [1.165, 1.54) is 0 Å². The van der Waals surface area contributed by atoms with Gasteiger partial charge in [-0.2, -0.15) is 0 Å². The van der Waals surface area contributed by atoms with Crippen LogP contribution in [0.3, 0.4) is 0 Å². The number of hydrogen-bond donors (Lipinski definition) is 0. The van der Waals surface area contributed by atoms with Crippen LogP contribution in [0.1, 0.15) is 36.5 Å². The minimum absolute atomic E-state index is 0.185. The number of ether oxygens (including phenoxy) is 1. The average molecular weight is 476 g/mol. The summed E-state index contributed by atoms with van der Waals surface area (Å²) >= 11 is 16.0. The Morgan fingerprint density at radius 3 is 2.70 bits per heavy atom. The summed E-state index contributed by atoms with van der Waals surface area (Å²) in [5.41, 5.74) is 3.96. The minimum Gasteiger partial charge on any atom is -0.370 e. The molecule has 0 aliphatic carbocycles. The SMILES string of the molecule is Cc1nc(SCc2c(Cl)cccc2Cl)c2sc3nc4c(cc3c2n1)COC(C)(C)C4. The third-order valence-electron chi connectivity index (χ3n) is 5.18. The van der Waals surface area contributed by atoms with E-state index in [0.29, 0.717) is 22.4 Å². The maximum absolute atomic E-state index is 6.36. The van der Waals surface area contributed by atoms with Gasteiger partial charge in [-0.15, -0.1) is 11.3 Å². The number of thioether (sulfide) groups is 1. The van der Waals surface area contributed by atoms with Crippen LogP contribution in [0.4, 0.5) is 0 Å². The fourth-order valence-corrected chi connectivity index (χ4v) is 6.65. The first-order chi connectivity index (χ1) is 14.3. The van der Waals surface area contributed by atoms with E-state index in [4.69, 9.17) is 42.9 Å². The van der Waals surface area contributed by atoms with Gasteiger partial charge in [0.05, 0.1) is 28.1 Å². The maximum Gasteiger partial charge on any atom is 0.127 e. The van der Waals surface area contributed by atoms with Gasteiger partial charge in [-0.1, -0.05) is 41.0 Å². The molecule has 4 aromatic rings. The lowest BCUT2D eigenvalue weighted by molar-refractivity contribution is -0.0411. The Kier molecular flexibility index (Phi) is 5.19. The molecule has 1 aliphatic heterocycles. The highest BCUT2D eigenvalue weighted by molar-refractivity contribution is 7.98. The molecule has 0 atom stereocenters. The Hall–Kier alpha value is -1.44. The van der Waals surface area contributed by atoms with Gasteiger partial charge >= 0.3 is 0 Å². The quantitative estimate of drug-likeness (QED) is 0.235. The highest BCUT2D eigenvalue weighted by Gasteiger charge is 2.28. The predicted octanol–water partition coefficient (Wildman–Crippen LogP) is 7.00. The fourth-order valence-electron chi connectivity index (χ4n) is 3.64. The van der Waals surface area contributed by atoms with E-state index in [2.05, 4.69) is 19.9 Å². The third kappa shape index (κ3) is 3.69. The van der Waals surface area contributed by atoms with E-state index in [1.54, 1.807) is 23.1 Å². The molecule has 154 valence electrons. The van der Waals surface area contributed by atoms with Crippen LogP contribution in [0.15, 0.2) is 29.3 Å². The molecule has 0 amide bonds. The van der Waals surface area contributed by atoms with E-state index in [-0.39, 0.29) is 5.60 Å². The van der Waals surface area contributed by atoms with Gasteiger partial charge in [-0.3, -0.25) is 0 Å². The van der Waals surface area contributed by atoms with Crippen molar-refractivity contribution < 1.29 is 4.74 Å².